The Hall–Kier alpha value is -0.120. The highest BCUT2D eigenvalue weighted by atomic mass is 16.2. The van der Waals surface area contributed by atoms with Gasteiger partial charge in [-0.3, -0.25) is 0 Å². The second-order valence-corrected chi connectivity index (χ2v) is 2.88. The van der Waals surface area contributed by atoms with Gasteiger partial charge in [0.1, 0.15) is 0 Å². The van der Waals surface area contributed by atoms with Crippen molar-refractivity contribution >= 4 is 0 Å². The largest absolute Gasteiger partial charge is 0.396 e. The smallest absolute Gasteiger partial charge is 0.0431 e. The molecular weight excluding hydrogens is 140 g/mol. The minimum atomic E-state index is 0.312. The third-order valence-electron chi connectivity index (χ3n) is 1.68. The fraction of sp³-hybridized carbons (Fsp3) is 1.00. The lowest BCUT2D eigenvalue weighted by Crippen LogP contribution is -2.33. The van der Waals surface area contributed by atoms with Crippen LogP contribution in [0.3, 0.4) is 0 Å². The Bertz CT molecular complexity index is 78.5. The van der Waals surface area contributed by atoms with Gasteiger partial charge < -0.3 is 16.2 Å². The molecule has 0 fully saturated rings. The van der Waals surface area contributed by atoms with Crippen LogP contribution < -0.4 is 11.1 Å². The average molecular weight is 160 g/mol. The number of hydrogen-bond donors (Lipinski definition) is 3. The first-order chi connectivity index (χ1) is 5.31. The number of hydrogen-bond acceptors (Lipinski definition) is 3. The summed E-state index contributed by atoms with van der Waals surface area (Å²) in [5, 5.41) is 11.8. The highest BCUT2D eigenvalue weighted by Crippen LogP contribution is 1.92. The molecule has 0 aliphatic rings. The van der Waals surface area contributed by atoms with Gasteiger partial charge in [-0.15, -0.1) is 0 Å². The zero-order valence-electron chi connectivity index (χ0n) is 7.34. The van der Waals surface area contributed by atoms with Crippen LogP contribution in [-0.2, 0) is 0 Å². The van der Waals surface area contributed by atoms with Crippen LogP contribution in [-0.4, -0.2) is 30.8 Å². The number of unbranched alkanes of at least 4 members (excludes halogenated alkanes) is 2. The highest BCUT2D eigenvalue weighted by Gasteiger charge is 1.95. The van der Waals surface area contributed by atoms with Crippen LogP contribution in [0.5, 0.6) is 0 Å². The van der Waals surface area contributed by atoms with Crippen molar-refractivity contribution in [2.75, 3.05) is 19.7 Å². The van der Waals surface area contributed by atoms with Crippen molar-refractivity contribution in [2.24, 2.45) is 5.73 Å². The van der Waals surface area contributed by atoms with Crippen molar-refractivity contribution in [2.45, 2.75) is 32.2 Å². The first-order valence-electron chi connectivity index (χ1n) is 4.35. The predicted octanol–water partition coefficient (Wildman–Crippen LogP) is 0.0858. The molecule has 0 radical (unpaired) electrons. The van der Waals surface area contributed by atoms with Gasteiger partial charge in [0.05, 0.1) is 0 Å². The van der Waals surface area contributed by atoms with Crippen LogP contribution in [0, 0.1) is 0 Å². The number of nitrogens with two attached hydrogens (primary N) is 1. The molecule has 0 aromatic carbocycles. The Morgan fingerprint density at radius 1 is 1.36 bits per heavy atom. The lowest BCUT2D eigenvalue weighted by atomic mass is 10.2. The summed E-state index contributed by atoms with van der Waals surface area (Å²) in [4.78, 5) is 0. The van der Waals surface area contributed by atoms with Gasteiger partial charge in [0.15, 0.2) is 0 Å². The molecule has 0 saturated heterocycles. The zero-order valence-corrected chi connectivity index (χ0v) is 7.34. The van der Waals surface area contributed by atoms with Gasteiger partial charge >= 0.3 is 0 Å². The molecule has 68 valence electrons. The Labute approximate surface area is 69.0 Å². The third kappa shape index (κ3) is 7.78. The third-order valence-corrected chi connectivity index (χ3v) is 1.68. The molecule has 0 aromatic heterocycles. The SMILES string of the molecule is C[C@@H](CN)NCCCCCO. The summed E-state index contributed by atoms with van der Waals surface area (Å²) < 4.78 is 0. The Morgan fingerprint density at radius 2 is 2.09 bits per heavy atom. The van der Waals surface area contributed by atoms with Gasteiger partial charge in [0.2, 0.25) is 0 Å². The molecule has 4 N–H and O–H groups in total. The van der Waals surface area contributed by atoms with Crippen molar-refractivity contribution < 1.29 is 5.11 Å². The van der Waals surface area contributed by atoms with E-state index >= 15 is 0 Å². The number of aliphatic hydroxyl groups is 1. The normalized spacial score (nSPS) is 13.4. The minimum Gasteiger partial charge on any atom is -0.396 e. The van der Waals surface area contributed by atoms with E-state index in [0.29, 0.717) is 19.2 Å². The van der Waals surface area contributed by atoms with Crippen LogP contribution in [0.25, 0.3) is 0 Å². The van der Waals surface area contributed by atoms with E-state index in [-0.39, 0.29) is 0 Å². The highest BCUT2D eigenvalue weighted by molar-refractivity contribution is 4.59. The van der Waals surface area contributed by atoms with Gasteiger partial charge in [-0.05, 0) is 32.7 Å². The molecule has 0 aliphatic carbocycles. The summed E-state index contributed by atoms with van der Waals surface area (Å²) in [6.45, 7) is 4.09. The van der Waals surface area contributed by atoms with E-state index in [1.165, 1.54) is 0 Å². The average Bonchev–Trinajstić information content (AvgIpc) is 2.04. The summed E-state index contributed by atoms with van der Waals surface area (Å²) in [5.74, 6) is 0. The molecule has 3 heteroatoms. The van der Waals surface area contributed by atoms with E-state index < -0.39 is 0 Å². The van der Waals surface area contributed by atoms with Crippen LogP contribution in [0.15, 0.2) is 0 Å². The lowest BCUT2D eigenvalue weighted by molar-refractivity contribution is 0.282. The molecule has 0 aromatic rings. The second-order valence-electron chi connectivity index (χ2n) is 2.88. The number of aliphatic hydroxyl groups excluding tert-OH is 1. The maximum absolute atomic E-state index is 8.48. The van der Waals surface area contributed by atoms with Gasteiger partial charge in [-0.1, -0.05) is 0 Å². The first-order valence-corrected chi connectivity index (χ1v) is 4.35. The Morgan fingerprint density at radius 3 is 2.64 bits per heavy atom. The predicted molar refractivity (Wildman–Crippen MR) is 47.5 cm³/mol. The number of nitrogens with one attached hydrogen (secondary N) is 1. The fourth-order valence-corrected chi connectivity index (χ4v) is 0.845. The zero-order chi connectivity index (χ0) is 8.53. The van der Waals surface area contributed by atoms with Crippen molar-refractivity contribution in [1.82, 2.24) is 5.32 Å². The monoisotopic (exact) mass is 160 g/mol. The van der Waals surface area contributed by atoms with E-state index in [2.05, 4.69) is 12.2 Å². The molecule has 1 atom stereocenters. The molecular formula is C8H20N2O. The number of rotatable bonds is 7. The minimum absolute atomic E-state index is 0.312. The van der Waals surface area contributed by atoms with Gasteiger partial charge in [-0.25, -0.2) is 0 Å². The summed E-state index contributed by atoms with van der Waals surface area (Å²) in [7, 11) is 0. The molecule has 0 rings (SSSR count). The van der Waals surface area contributed by atoms with Crippen molar-refractivity contribution in [3.8, 4) is 0 Å². The molecule has 0 unspecified atom stereocenters. The summed E-state index contributed by atoms with van der Waals surface area (Å²) in [6, 6.07) is 0.420. The first kappa shape index (κ1) is 10.9. The fourth-order valence-electron chi connectivity index (χ4n) is 0.845. The molecule has 0 heterocycles. The Balaban J connectivity index is 2.89. The summed E-state index contributed by atoms with van der Waals surface area (Å²) in [6.07, 6.45) is 3.14. The van der Waals surface area contributed by atoms with Crippen LogP contribution >= 0.6 is 0 Å². The van der Waals surface area contributed by atoms with Gasteiger partial charge in [-0.2, -0.15) is 0 Å². The van der Waals surface area contributed by atoms with E-state index in [4.69, 9.17) is 10.8 Å². The quantitative estimate of drug-likeness (QED) is 0.462. The second kappa shape index (κ2) is 7.98. The Kier molecular flexibility index (Phi) is 7.89. The van der Waals surface area contributed by atoms with Crippen LogP contribution in [0.4, 0.5) is 0 Å². The van der Waals surface area contributed by atoms with Crippen molar-refractivity contribution in [3.63, 3.8) is 0 Å². The van der Waals surface area contributed by atoms with E-state index in [1.807, 2.05) is 0 Å². The molecule has 0 spiro atoms. The van der Waals surface area contributed by atoms with Crippen molar-refractivity contribution in [3.05, 3.63) is 0 Å². The lowest BCUT2D eigenvalue weighted by Gasteiger charge is -2.09. The van der Waals surface area contributed by atoms with E-state index in [1.54, 1.807) is 0 Å². The van der Waals surface area contributed by atoms with E-state index in [0.717, 1.165) is 25.8 Å². The standard InChI is InChI=1S/C8H20N2O/c1-8(7-9)10-5-3-2-4-6-11/h8,10-11H,2-7,9H2,1H3/t8-/m0/s1. The molecule has 11 heavy (non-hydrogen) atoms. The summed E-state index contributed by atoms with van der Waals surface area (Å²) >= 11 is 0. The van der Waals surface area contributed by atoms with Crippen molar-refractivity contribution in [1.29, 1.82) is 0 Å². The molecule has 0 bridgehead atoms. The molecule has 0 saturated carbocycles. The van der Waals surface area contributed by atoms with Gasteiger partial charge in [0, 0.05) is 19.2 Å². The maximum atomic E-state index is 8.48. The molecule has 0 amide bonds. The molecule has 0 aliphatic heterocycles. The summed E-state index contributed by atoms with van der Waals surface area (Å²) in [5.41, 5.74) is 5.41. The van der Waals surface area contributed by atoms with Gasteiger partial charge in [0.25, 0.3) is 0 Å². The van der Waals surface area contributed by atoms with Crippen LogP contribution in [0.1, 0.15) is 26.2 Å². The maximum Gasteiger partial charge on any atom is 0.0431 e. The van der Waals surface area contributed by atoms with E-state index in [9.17, 15) is 0 Å². The topological polar surface area (TPSA) is 58.3 Å². The van der Waals surface area contributed by atoms with Crippen LogP contribution in [0.2, 0.25) is 0 Å². The molecule has 3 nitrogen and oxygen atoms in total.